The zero-order valence-electron chi connectivity index (χ0n) is 13.8. The van der Waals surface area contributed by atoms with Gasteiger partial charge in [0.15, 0.2) is 0 Å². The van der Waals surface area contributed by atoms with Gasteiger partial charge in [0.25, 0.3) is 0 Å². The zero-order valence-corrected chi connectivity index (χ0v) is 15.4. The maximum atomic E-state index is 14.4. The zero-order chi connectivity index (χ0) is 16.0. The van der Waals surface area contributed by atoms with Crippen LogP contribution in [0, 0.1) is 5.82 Å². The minimum absolute atomic E-state index is 0.0464. The second-order valence-electron chi connectivity index (χ2n) is 5.88. The molecule has 120 valence electrons. The van der Waals surface area contributed by atoms with E-state index in [0.29, 0.717) is 0 Å². The molecule has 0 bridgehead atoms. The van der Waals surface area contributed by atoms with Crippen LogP contribution in [0.2, 0.25) is 0 Å². The minimum Gasteiger partial charge on any atom is -0.308 e. The summed E-state index contributed by atoms with van der Waals surface area (Å²) in [7, 11) is 0. The van der Waals surface area contributed by atoms with E-state index in [1.807, 2.05) is 6.07 Å². The fraction of sp³-hybridized carbons (Fsp3) is 0.647. The summed E-state index contributed by atoms with van der Waals surface area (Å²) in [4.78, 5) is 2.38. The Bertz CT molecular complexity index is 444. The van der Waals surface area contributed by atoms with Gasteiger partial charge in [-0.1, -0.05) is 36.7 Å². The van der Waals surface area contributed by atoms with E-state index < -0.39 is 0 Å². The molecule has 0 aliphatic rings. The molecule has 0 amide bonds. The maximum Gasteiger partial charge on any atom is 0.128 e. The van der Waals surface area contributed by atoms with E-state index in [0.717, 1.165) is 36.1 Å². The van der Waals surface area contributed by atoms with Crippen LogP contribution in [0.3, 0.4) is 0 Å². The molecule has 0 saturated carbocycles. The largest absolute Gasteiger partial charge is 0.308 e. The molecule has 1 unspecified atom stereocenters. The number of nitrogens with zero attached hydrogens (tertiary/aromatic N) is 1. The molecule has 0 spiro atoms. The summed E-state index contributed by atoms with van der Waals surface area (Å²) in [6.07, 6.45) is 1.03. The Morgan fingerprint density at radius 3 is 2.38 bits per heavy atom. The highest BCUT2D eigenvalue weighted by molar-refractivity contribution is 9.10. The predicted octanol–water partition coefficient (Wildman–Crippen LogP) is 4.75. The van der Waals surface area contributed by atoms with E-state index in [1.54, 1.807) is 12.1 Å². The number of nitrogens with one attached hydrogen (secondary N) is 1. The third kappa shape index (κ3) is 4.51. The number of likely N-dealkylation sites (N-methyl/N-ethyl adjacent to an activating group) is 1. The van der Waals surface area contributed by atoms with Crippen molar-refractivity contribution in [3.8, 4) is 0 Å². The first kappa shape index (κ1) is 18.6. The van der Waals surface area contributed by atoms with Crippen LogP contribution >= 0.6 is 15.9 Å². The Labute approximate surface area is 137 Å². The second-order valence-corrected chi connectivity index (χ2v) is 6.79. The van der Waals surface area contributed by atoms with Crippen molar-refractivity contribution in [2.75, 3.05) is 19.6 Å². The smallest absolute Gasteiger partial charge is 0.128 e. The van der Waals surface area contributed by atoms with E-state index in [4.69, 9.17) is 0 Å². The average molecular weight is 359 g/mol. The van der Waals surface area contributed by atoms with Crippen molar-refractivity contribution in [3.63, 3.8) is 0 Å². The molecule has 0 heterocycles. The lowest BCUT2D eigenvalue weighted by Crippen LogP contribution is -2.53. The normalized spacial score (nSPS) is 13.7. The maximum absolute atomic E-state index is 14.4. The summed E-state index contributed by atoms with van der Waals surface area (Å²) in [6, 6.07) is 5.14. The first-order valence-corrected chi connectivity index (χ1v) is 8.61. The molecule has 21 heavy (non-hydrogen) atoms. The number of halogens is 2. The highest BCUT2D eigenvalue weighted by Crippen LogP contribution is 2.33. The van der Waals surface area contributed by atoms with Crippen LogP contribution < -0.4 is 5.32 Å². The van der Waals surface area contributed by atoms with Crippen molar-refractivity contribution >= 4 is 15.9 Å². The minimum atomic E-state index is -0.166. The van der Waals surface area contributed by atoms with Crippen molar-refractivity contribution in [1.29, 1.82) is 0 Å². The summed E-state index contributed by atoms with van der Waals surface area (Å²) in [5.41, 5.74) is 0.565. The van der Waals surface area contributed by atoms with Crippen LogP contribution in [-0.2, 0) is 0 Å². The molecule has 4 heteroatoms. The summed E-state index contributed by atoms with van der Waals surface area (Å²) in [6.45, 7) is 13.6. The molecule has 0 fully saturated rings. The van der Waals surface area contributed by atoms with Crippen LogP contribution in [0.4, 0.5) is 4.39 Å². The third-order valence-electron chi connectivity index (χ3n) is 4.15. The number of rotatable bonds is 8. The summed E-state index contributed by atoms with van der Waals surface area (Å²) in [5, 5.41) is 3.54. The lowest BCUT2D eigenvalue weighted by atomic mass is 9.86. The molecule has 0 radical (unpaired) electrons. The van der Waals surface area contributed by atoms with Gasteiger partial charge in [-0.15, -0.1) is 0 Å². The van der Waals surface area contributed by atoms with Crippen LogP contribution in [0.1, 0.15) is 52.6 Å². The van der Waals surface area contributed by atoms with E-state index >= 15 is 0 Å². The van der Waals surface area contributed by atoms with Crippen LogP contribution in [0.15, 0.2) is 22.7 Å². The van der Waals surface area contributed by atoms with E-state index in [-0.39, 0.29) is 17.4 Å². The molecular weight excluding hydrogens is 331 g/mol. The SMILES string of the molecule is CCCNC(c1cc(Br)ccc1F)C(C)(C)N(CC)CC. The number of benzene rings is 1. The van der Waals surface area contributed by atoms with Crippen LogP contribution in [0.5, 0.6) is 0 Å². The van der Waals surface area contributed by atoms with Crippen LogP contribution in [-0.4, -0.2) is 30.1 Å². The Morgan fingerprint density at radius 2 is 1.86 bits per heavy atom. The molecule has 1 aromatic rings. The monoisotopic (exact) mass is 358 g/mol. The highest BCUT2D eigenvalue weighted by Gasteiger charge is 2.36. The standard InChI is InChI=1S/C17H28BrFN2/c1-6-11-20-16(17(4,5)21(7-2)8-3)14-12-13(18)9-10-15(14)19/h9-10,12,16,20H,6-8,11H2,1-5H3. The van der Waals surface area contributed by atoms with E-state index in [9.17, 15) is 4.39 Å². The van der Waals surface area contributed by atoms with E-state index in [2.05, 4.69) is 60.8 Å². The quantitative estimate of drug-likeness (QED) is 0.721. The molecule has 0 saturated heterocycles. The fourth-order valence-electron chi connectivity index (χ4n) is 2.99. The first-order chi connectivity index (χ1) is 9.88. The van der Waals surface area contributed by atoms with Gasteiger partial charge in [0.05, 0.1) is 6.04 Å². The molecule has 0 aliphatic heterocycles. The molecule has 1 rings (SSSR count). The Morgan fingerprint density at radius 1 is 1.24 bits per heavy atom. The molecule has 0 aliphatic carbocycles. The van der Waals surface area contributed by atoms with Gasteiger partial charge in [-0.05, 0) is 58.1 Å². The first-order valence-electron chi connectivity index (χ1n) is 7.81. The van der Waals surface area contributed by atoms with Gasteiger partial charge in [0.2, 0.25) is 0 Å². The van der Waals surface area contributed by atoms with Crippen molar-refractivity contribution in [2.45, 2.75) is 52.6 Å². The second kappa shape index (κ2) is 8.25. The van der Waals surface area contributed by atoms with Gasteiger partial charge >= 0.3 is 0 Å². The third-order valence-corrected chi connectivity index (χ3v) is 4.65. The summed E-state index contributed by atoms with van der Waals surface area (Å²) >= 11 is 3.46. The Kier molecular flexibility index (Phi) is 7.31. The molecule has 0 aromatic heterocycles. The average Bonchev–Trinajstić information content (AvgIpc) is 2.43. The van der Waals surface area contributed by atoms with Gasteiger partial charge in [-0.25, -0.2) is 4.39 Å². The fourth-order valence-corrected chi connectivity index (χ4v) is 3.36. The van der Waals surface area contributed by atoms with Crippen molar-refractivity contribution < 1.29 is 4.39 Å². The lowest BCUT2D eigenvalue weighted by molar-refractivity contribution is 0.0896. The van der Waals surface area contributed by atoms with E-state index in [1.165, 1.54) is 0 Å². The van der Waals surface area contributed by atoms with Crippen molar-refractivity contribution in [3.05, 3.63) is 34.1 Å². The molecule has 1 N–H and O–H groups in total. The van der Waals surface area contributed by atoms with Gasteiger partial charge in [-0.3, -0.25) is 4.90 Å². The van der Waals surface area contributed by atoms with Crippen LogP contribution in [0.25, 0.3) is 0 Å². The molecule has 1 atom stereocenters. The summed E-state index contributed by atoms with van der Waals surface area (Å²) in [5.74, 6) is -0.146. The molecule has 2 nitrogen and oxygen atoms in total. The predicted molar refractivity (Wildman–Crippen MR) is 92.1 cm³/mol. The topological polar surface area (TPSA) is 15.3 Å². The molecular formula is C17H28BrFN2. The van der Waals surface area contributed by atoms with Gasteiger partial charge in [0.1, 0.15) is 5.82 Å². The van der Waals surface area contributed by atoms with Gasteiger partial charge in [-0.2, -0.15) is 0 Å². The number of hydrogen-bond acceptors (Lipinski definition) is 2. The summed E-state index contributed by atoms with van der Waals surface area (Å²) < 4.78 is 15.3. The molecule has 1 aromatic carbocycles. The number of hydrogen-bond donors (Lipinski definition) is 1. The van der Waals surface area contributed by atoms with Crippen molar-refractivity contribution in [1.82, 2.24) is 10.2 Å². The van der Waals surface area contributed by atoms with Crippen molar-refractivity contribution in [2.24, 2.45) is 0 Å². The van der Waals surface area contributed by atoms with Gasteiger partial charge in [0, 0.05) is 15.6 Å². The highest BCUT2D eigenvalue weighted by atomic mass is 79.9. The Balaban J connectivity index is 3.24. The van der Waals surface area contributed by atoms with Gasteiger partial charge < -0.3 is 5.32 Å². The lowest BCUT2D eigenvalue weighted by Gasteiger charge is -2.44. The Hall–Kier alpha value is -0.450.